The summed E-state index contributed by atoms with van der Waals surface area (Å²) in [5.41, 5.74) is 0.261. The van der Waals surface area contributed by atoms with Gasteiger partial charge in [0.05, 0.1) is 10.6 Å². The van der Waals surface area contributed by atoms with Crippen LogP contribution in [-0.4, -0.2) is 24.3 Å². The van der Waals surface area contributed by atoms with E-state index in [4.69, 9.17) is 16.3 Å². The Balaban J connectivity index is 2.75. The zero-order chi connectivity index (χ0) is 15.1. The van der Waals surface area contributed by atoms with E-state index in [-0.39, 0.29) is 17.5 Å². The minimum Gasteiger partial charge on any atom is -0.480 e. The zero-order valence-corrected chi connectivity index (χ0v) is 12.7. The first kappa shape index (κ1) is 16.5. The van der Waals surface area contributed by atoms with Crippen molar-refractivity contribution < 1.29 is 14.3 Å². The molecule has 20 heavy (non-hydrogen) atoms. The summed E-state index contributed by atoms with van der Waals surface area (Å²) in [4.78, 5) is 23.0. The lowest BCUT2D eigenvalue weighted by Gasteiger charge is -2.20. The summed E-state index contributed by atoms with van der Waals surface area (Å²) in [7, 11) is 0. The predicted octanol–water partition coefficient (Wildman–Crippen LogP) is 3.22. The standard InChI is InChI=1S/C15H20ClNO3/c1-4-11(5-2)17-15(19)10(3)20-14-8-6-7-13(16)12(14)9-18/h6-11H,4-5H2,1-3H3,(H,17,19). The molecule has 0 spiro atoms. The maximum Gasteiger partial charge on any atom is 0.260 e. The second-order valence-corrected chi connectivity index (χ2v) is 4.96. The molecule has 4 nitrogen and oxygen atoms in total. The van der Waals surface area contributed by atoms with E-state index >= 15 is 0 Å². The van der Waals surface area contributed by atoms with Crippen LogP contribution in [0, 0.1) is 0 Å². The van der Waals surface area contributed by atoms with E-state index in [1.807, 2.05) is 13.8 Å². The number of hydrogen-bond donors (Lipinski definition) is 1. The van der Waals surface area contributed by atoms with Crippen molar-refractivity contribution in [3.63, 3.8) is 0 Å². The van der Waals surface area contributed by atoms with E-state index in [1.165, 1.54) is 0 Å². The van der Waals surface area contributed by atoms with Gasteiger partial charge in [0, 0.05) is 6.04 Å². The fraction of sp³-hybridized carbons (Fsp3) is 0.467. The van der Waals surface area contributed by atoms with Crippen LogP contribution >= 0.6 is 11.6 Å². The van der Waals surface area contributed by atoms with Gasteiger partial charge in [0.15, 0.2) is 12.4 Å². The lowest BCUT2D eigenvalue weighted by atomic mass is 10.1. The van der Waals surface area contributed by atoms with Crippen molar-refractivity contribution in [2.75, 3.05) is 0 Å². The first-order chi connectivity index (χ1) is 9.53. The maximum atomic E-state index is 12.0. The predicted molar refractivity (Wildman–Crippen MR) is 79.4 cm³/mol. The van der Waals surface area contributed by atoms with Gasteiger partial charge in [-0.25, -0.2) is 0 Å². The molecule has 0 bridgehead atoms. The summed E-state index contributed by atoms with van der Waals surface area (Å²) in [6.07, 6.45) is 1.67. The number of carbonyl (C=O) groups excluding carboxylic acids is 2. The lowest BCUT2D eigenvalue weighted by Crippen LogP contribution is -2.42. The largest absolute Gasteiger partial charge is 0.480 e. The maximum absolute atomic E-state index is 12.0. The Labute approximate surface area is 124 Å². The van der Waals surface area contributed by atoms with Crippen molar-refractivity contribution in [1.82, 2.24) is 5.32 Å². The number of rotatable bonds is 7. The normalized spacial score (nSPS) is 12.1. The number of aldehydes is 1. The van der Waals surface area contributed by atoms with Crippen molar-refractivity contribution in [3.05, 3.63) is 28.8 Å². The third-order valence-electron chi connectivity index (χ3n) is 3.14. The Bertz CT molecular complexity index is 472. The average Bonchev–Trinajstić information content (AvgIpc) is 2.44. The van der Waals surface area contributed by atoms with Crippen LogP contribution in [0.1, 0.15) is 44.0 Å². The molecule has 1 N–H and O–H groups in total. The quantitative estimate of drug-likeness (QED) is 0.786. The van der Waals surface area contributed by atoms with Crippen molar-refractivity contribution >= 4 is 23.8 Å². The highest BCUT2D eigenvalue weighted by Crippen LogP contribution is 2.25. The SMILES string of the molecule is CCC(CC)NC(=O)C(C)Oc1cccc(Cl)c1C=O. The van der Waals surface area contributed by atoms with Gasteiger partial charge in [0.25, 0.3) is 5.91 Å². The van der Waals surface area contributed by atoms with E-state index in [2.05, 4.69) is 5.32 Å². The number of ether oxygens (including phenoxy) is 1. The third-order valence-corrected chi connectivity index (χ3v) is 3.47. The Hall–Kier alpha value is -1.55. The molecule has 1 atom stereocenters. The number of nitrogens with one attached hydrogen (secondary N) is 1. The average molecular weight is 298 g/mol. The molecule has 1 rings (SSSR count). The van der Waals surface area contributed by atoms with Gasteiger partial charge in [0.2, 0.25) is 0 Å². The number of amides is 1. The van der Waals surface area contributed by atoms with Gasteiger partial charge in [-0.15, -0.1) is 0 Å². The summed E-state index contributed by atoms with van der Waals surface area (Å²) < 4.78 is 5.54. The summed E-state index contributed by atoms with van der Waals surface area (Å²) in [5.74, 6) is 0.121. The fourth-order valence-electron chi connectivity index (χ4n) is 1.79. The molecule has 110 valence electrons. The molecule has 0 radical (unpaired) electrons. The van der Waals surface area contributed by atoms with Gasteiger partial charge in [-0.2, -0.15) is 0 Å². The monoisotopic (exact) mass is 297 g/mol. The topological polar surface area (TPSA) is 55.4 Å². The van der Waals surface area contributed by atoms with Crippen LogP contribution in [0.2, 0.25) is 5.02 Å². The molecule has 0 aliphatic rings. The molecule has 0 fully saturated rings. The summed E-state index contributed by atoms with van der Waals surface area (Å²) in [6, 6.07) is 5.04. The molecule has 0 saturated heterocycles. The van der Waals surface area contributed by atoms with Gasteiger partial charge >= 0.3 is 0 Å². The van der Waals surface area contributed by atoms with E-state index in [0.717, 1.165) is 12.8 Å². The lowest BCUT2D eigenvalue weighted by molar-refractivity contribution is -0.128. The fourth-order valence-corrected chi connectivity index (χ4v) is 2.00. The highest BCUT2D eigenvalue weighted by atomic mass is 35.5. The summed E-state index contributed by atoms with van der Waals surface area (Å²) >= 11 is 5.91. The Morgan fingerprint density at radius 3 is 2.60 bits per heavy atom. The van der Waals surface area contributed by atoms with Gasteiger partial charge in [-0.1, -0.05) is 31.5 Å². The smallest absolute Gasteiger partial charge is 0.260 e. The number of hydrogen-bond acceptors (Lipinski definition) is 3. The Kier molecular flexibility index (Phi) is 6.52. The van der Waals surface area contributed by atoms with Gasteiger partial charge in [-0.05, 0) is 31.9 Å². The molecule has 1 unspecified atom stereocenters. The Morgan fingerprint density at radius 1 is 1.40 bits per heavy atom. The van der Waals surface area contributed by atoms with Crippen LogP contribution < -0.4 is 10.1 Å². The zero-order valence-electron chi connectivity index (χ0n) is 12.0. The first-order valence-electron chi connectivity index (χ1n) is 6.74. The molecule has 0 aliphatic heterocycles. The van der Waals surface area contributed by atoms with Crippen LogP contribution in [-0.2, 0) is 4.79 Å². The van der Waals surface area contributed by atoms with Crippen molar-refractivity contribution in [2.24, 2.45) is 0 Å². The number of halogens is 1. The number of carbonyl (C=O) groups is 2. The molecule has 1 aromatic rings. The molecule has 1 aromatic carbocycles. The molecular weight excluding hydrogens is 278 g/mol. The molecule has 5 heteroatoms. The molecule has 0 aliphatic carbocycles. The van der Waals surface area contributed by atoms with E-state index in [0.29, 0.717) is 17.1 Å². The summed E-state index contributed by atoms with van der Waals surface area (Å²) in [6.45, 7) is 5.68. The third kappa shape index (κ3) is 4.23. The molecule has 0 aromatic heterocycles. The second kappa shape index (κ2) is 7.90. The van der Waals surface area contributed by atoms with E-state index in [1.54, 1.807) is 25.1 Å². The second-order valence-electron chi connectivity index (χ2n) is 4.55. The molecule has 1 amide bonds. The minimum atomic E-state index is -0.687. The minimum absolute atomic E-state index is 0.137. The van der Waals surface area contributed by atoms with Crippen molar-refractivity contribution in [1.29, 1.82) is 0 Å². The van der Waals surface area contributed by atoms with Crippen LogP contribution in [0.4, 0.5) is 0 Å². The molecule has 0 heterocycles. The van der Waals surface area contributed by atoms with Crippen LogP contribution in [0.5, 0.6) is 5.75 Å². The van der Waals surface area contributed by atoms with E-state index < -0.39 is 6.10 Å². The van der Waals surface area contributed by atoms with Crippen LogP contribution in [0.25, 0.3) is 0 Å². The molecule has 0 saturated carbocycles. The molecular formula is C15H20ClNO3. The first-order valence-corrected chi connectivity index (χ1v) is 7.11. The Morgan fingerprint density at radius 2 is 2.05 bits per heavy atom. The number of benzene rings is 1. The van der Waals surface area contributed by atoms with Crippen molar-refractivity contribution in [3.8, 4) is 5.75 Å². The van der Waals surface area contributed by atoms with Gasteiger partial charge < -0.3 is 10.1 Å². The van der Waals surface area contributed by atoms with E-state index in [9.17, 15) is 9.59 Å². The summed E-state index contributed by atoms with van der Waals surface area (Å²) in [5, 5.41) is 3.21. The van der Waals surface area contributed by atoms with Crippen molar-refractivity contribution in [2.45, 2.75) is 45.8 Å². The van der Waals surface area contributed by atoms with Gasteiger partial charge in [0.1, 0.15) is 5.75 Å². The highest BCUT2D eigenvalue weighted by Gasteiger charge is 2.19. The van der Waals surface area contributed by atoms with Crippen LogP contribution in [0.15, 0.2) is 18.2 Å². The van der Waals surface area contributed by atoms with Crippen LogP contribution in [0.3, 0.4) is 0 Å². The highest BCUT2D eigenvalue weighted by molar-refractivity contribution is 6.33. The van der Waals surface area contributed by atoms with Gasteiger partial charge in [-0.3, -0.25) is 9.59 Å².